The van der Waals surface area contributed by atoms with Crippen molar-refractivity contribution in [3.8, 4) is 5.75 Å². The molecule has 2 saturated carbocycles. The molecule has 0 spiro atoms. The van der Waals surface area contributed by atoms with Crippen molar-refractivity contribution in [3.63, 3.8) is 0 Å². The number of rotatable bonds is 3. The number of fused-ring (bicyclic) bond motifs is 5. The third-order valence-corrected chi connectivity index (χ3v) is 8.54. The summed E-state index contributed by atoms with van der Waals surface area (Å²) in [5.74, 6) is 1.29. The molecule has 0 aliphatic heterocycles. The van der Waals surface area contributed by atoms with Crippen molar-refractivity contribution in [1.82, 2.24) is 0 Å². The van der Waals surface area contributed by atoms with E-state index in [2.05, 4.69) is 25.6 Å². The second-order valence-corrected chi connectivity index (χ2v) is 10.8. The Labute approximate surface area is 212 Å². The summed E-state index contributed by atoms with van der Waals surface area (Å²) in [7, 11) is 0. The maximum absolute atomic E-state index is 11.4. The van der Waals surface area contributed by atoms with Gasteiger partial charge in [0.1, 0.15) is 11.9 Å². The molecule has 0 bridgehead atoms. The second kappa shape index (κ2) is 10.5. The average Bonchev–Trinajstić information content (AvgIpc) is 3.14. The number of ether oxygens (including phenoxy) is 1. The van der Waals surface area contributed by atoms with Crippen LogP contribution in [-0.2, 0) is 20.7 Å². The minimum atomic E-state index is -0.940. The number of phenolic OH excluding ortho intramolecular Hbond substituents is 1. The number of esters is 1. The van der Waals surface area contributed by atoms with Gasteiger partial charge in [0.15, 0.2) is 0 Å². The first-order valence-electron chi connectivity index (χ1n) is 12.4. The van der Waals surface area contributed by atoms with E-state index in [-0.39, 0.29) is 17.5 Å². The number of carbonyl (C=O) groups is 2. The number of carboxylic acid groups (broad SMARTS) is 1. The number of carbonyl (C=O) groups excluding carboxylic acids is 1. The third kappa shape index (κ3) is 5.58. The summed E-state index contributed by atoms with van der Waals surface area (Å²) in [4.78, 5) is 22.4. The Bertz CT molecular complexity index is 1110. The molecule has 2 aromatic rings. The zero-order chi connectivity index (χ0) is 25.2. The van der Waals surface area contributed by atoms with Crippen LogP contribution in [-0.4, -0.2) is 28.3 Å². The van der Waals surface area contributed by atoms with Crippen LogP contribution in [0.15, 0.2) is 53.4 Å². The molecule has 5 unspecified atom stereocenters. The van der Waals surface area contributed by atoms with Gasteiger partial charge in [-0.3, -0.25) is 4.79 Å². The Kier molecular flexibility index (Phi) is 7.60. The van der Waals surface area contributed by atoms with Crippen molar-refractivity contribution in [2.75, 3.05) is 0 Å². The van der Waals surface area contributed by atoms with E-state index in [1.54, 1.807) is 0 Å². The highest BCUT2D eigenvalue weighted by Crippen LogP contribution is 2.61. The molecular weight excluding hydrogens is 460 g/mol. The largest absolute Gasteiger partial charge is 0.508 e. The van der Waals surface area contributed by atoms with Crippen LogP contribution in [0.1, 0.15) is 68.6 Å². The lowest BCUT2D eigenvalue weighted by atomic mass is 9.55. The summed E-state index contributed by atoms with van der Waals surface area (Å²) in [5.41, 5.74) is 3.80. The molecule has 2 fully saturated rings. The maximum Gasteiger partial charge on any atom is 0.328 e. The number of benzene rings is 2. The summed E-state index contributed by atoms with van der Waals surface area (Å²) in [6.07, 6.45) is 9.53. The Morgan fingerprint density at radius 2 is 1.83 bits per heavy atom. The topological polar surface area (TPSA) is 83.8 Å². The summed E-state index contributed by atoms with van der Waals surface area (Å²) < 4.78 is 5.68. The van der Waals surface area contributed by atoms with Crippen LogP contribution in [0.2, 0.25) is 0 Å². The molecule has 186 valence electrons. The summed E-state index contributed by atoms with van der Waals surface area (Å²) in [6, 6.07) is 13.2. The van der Waals surface area contributed by atoms with Crippen LogP contribution < -0.4 is 0 Å². The van der Waals surface area contributed by atoms with Crippen molar-refractivity contribution in [1.29, 1.82) is 0 Å². The van der Waals surface area contributed by atoms with Crippen LogP contribution in [0.3, 0.4) is 0 Å². The monoisotopic (exact) mass is 494 g/mol. The molecule has 2 N–H and O–H groups in total. The van der Waals surface area contributed by atoms with E-state index in [1.807, 2.05) is 36.4 Å². The van der Waals surface area contributed by atoms with Gasteiger partial charge in [0.05, 0.1) is 0 Å². The van der Waals surface area contributed by atoms with E-state index in [9.17, 15) is 14.7 Å². The number of thiol groups is 1. The number of hydrogen-bond acceptors (Lipinski definition) is 5. The van der Waals surface area contributed by atoms with E-state index in [0.29, 0.717) is 23.5 Å². The van der Waals surface area contributed by atoms with Crippen LogP contribution in [0.25, 0.3) is 6.08 Å². The predicted molar refractivity (Wildman–Crippen MR) is 139 cm³/mol. The van der Waals surface area contributed by atoms with Crippen LogP contribution in [0.5, 0.6) is 5.75 Å². The molecule has 6 heteroatoms. The van der Waals surface area contributed by atoms with E-state index < -0.39 is 5.97 Å². The summed E-state index contributed by atoms with van der Waals surface area (Å²) in [5, 5.41) is 18.1. The minimum Gasteiger partial charge on any atom is -0.508 e. The van der Waals surface area contributed by atoms with Crippen LogP contribution in [0.4, 0.5) is 0 Å². The van der Waals surface area contributed by atoms with Crippen molar-refractivity contribution < 1.29 is 24.5 Å². The first-order chi connectivity index (χ1) is 16.7. The fourth-order valence-corrected chi connectivity index (χ4v) is 6.82. The molecule has 5 nitrogen and oxygen atoms in total. The Morgan fingerprint density at radius 1 is 1.09 bits per heavy atom. The van der Waals surface area contributed by atoms with Gasteiger partial charge >= 0.3 is 11.9 Å². The Hall–Kier alpha value is -2.73. The first kappa shape index (κ1) is 25.4. The van der Waals surface area contributed by atoms with Gasteiger partial charge in [0.25, 0.3) is 0 Å². The molecule has 0 saturated heterocycles. The summed E-state index contributed by atoms with van der Waals surface area (Å²) in [6.45, 7) is 3.88. The molecule has 5 rings (SSSR count). The number of hydrogen-bond donors (Lipinski definition) is 3. The van der Waals surface area contributed by atoms with Crippen molar-refractivity contribution in [2.24, 2.45) is 17.3 Å². The number of phenols is 1. The lowest BCUT2D eigenvalue weighted by molar-refractivity contribution is -0.154. The number of aliphatic carboxylic acids is 1. The molecule has 5 atom stereocenters. The summed E-state index contributed by atoms with van der Waals surface area (Å²) >= 11 is 4.10. The smallest absolute Gasteiger partial charge is 0.328 e. The minimum absolute atomic E-state index is 0.104. The molecular formula is C29H34O5S. The van der Waals surface area contributed by atoms with Crippen molar-refractivity contribution in [2.45, 2.75) is 69.3 Å². The fraction of sp³-hybridized carbons (Fsp3) is 0.448. The standard InChI is InChI=1S/C20H26O3.C9H8O2S/c1-12(21)23-19-8-7-18-17-5-3-13-11-14(22)4-6-15(13)16(17)9-10-20(18,19)2;10-9(11)6-3-7-1-4-8(12)5-2-7/h4,6,11,16-19,22H,3,5,7-10H2,1-2H3;1-6,12H,(H,10,11)/b;6-3+. The Balaban J connectivity index is 0.000000204. The molecule has 3 aliphatic carbocycles. The average molecular weight is 495 g/mol. The molecule has 0 amide bonds. The zero-order valence-electron chi connectivity index (χ0n) is 20.3. The van der Waals surface area contributed by atoms with E-state index >= 15 is 0 Å². The lowest BCUT2D eigenvalue weighted by Gasteiger charge is -2.50. The van der Waals surface area contributed by atoms with Gasteiger partial charge in [-0.1, -0.05) is 25.1 Å². The van der Waals surface area contributed by atoms with Gasteiger partial charge in [0, 0.05) is 23.3 Å². The van der Waals surface area contributed by atoms with E-state index in [1.165, 1.54) is 43.4 Å². The van der Waals surface area contributed by atoms with Crippen molar-refractivity contribution in [3.05, 3.63) is 65.2 Å². The highest BCUT2D eigenvalue weighted by atomic mass is 32.1. The quantitative estimate of drug-likeness (QED) is 0.267. The predicted octanol–water partition coefficient (Wildman–Crippen LogP) is 6.25. The maximum atomic E-state index is 11.4. The van der Waals surface area contributed by atoms with Gasteiger partial charge in [0.2, 0.25) is 0 Å². The number of carboxylic acids is 1. The molecule has 0 radical (unpaired) electrons. The van der Waals surface area contributed by atoms with Gasteiger partial charge in [-0.15, -0.1) is 12.6 Å². The molecule has 0 heterocycles. The van der Waals surface area contributed by atoms with E-state index in [0.717, 1.165) is 35.8 Å². The molecule has 2 aromatic carbocycles. The van der Waals surface area contributed by atoms with Gasteiger partial charge in [-0.2, -0.15) is 0 Å². The highest BCUT2D eigenvalue weighted by molar-refractivity contribution is 7.80. The molecule has 35 heavy (non-hydrogen) atoms. The van der Waals surface area contributed by atoms with Gasteiger partial charge in [-0.25, -0.2) is 4.79 Å². The van der Waals surface area contributed by atoms with Gasteiger partial charge < -0.3 is 14.9 Å². The van der Waals surface area contributed by atoms with Crippen LogP contribution >= 0.6 is 12.6 Å². The number of aromatic hydroxyl groups is 1. The fourth-order valence-electron chi connectivity index (χ4n) is 6.67. The van der Waals surface area contributed by atoms with Crippen molar-refractivity contribution >= 4 is 30.6 Å². The normalized spacial score (nSPS) is 28.8. The highest BCUT2D eigenvalue weighted by Gasteiger charge is 2.56. The number of aryl methyl sites for hydroxylation is 1. The first-order valence-corrected chi connectivity index (χ1v) is 12.8. The molecule has 3 aliphatic rings. The zero-order valence-corrected chi connectivity index (χ0v) is 21.2. The SMILES string of the molecule is CC(=O)OC1CCC2C3CCc4cc(O)ccc4C3CCC12C.O=C(O)/C=C/c1ccc(S)cc1. The van der Waals surface area contributed by atoms with Gasteiger partial charge in [-0.05, 0) is 103 Å². The molecule has 0 aromatic heterocycles. The van der Waals surface area contributed by atoms with E-state index in [4.69, 9.17) is 9.84 Å². The third-order valence-electron chi connectivity index (χ3n) is 8.24. The Morgan fingerprint density at radius 3 is 2.51 bits per heavy atom. The second-order valence-electron chi connectivity index (χ2n) is 10.3. The lowest BCUT2D eigenvalue weighted by Crippen LogP contribution is -2.45. The van der Waals surface area contributed by atoms with Crippen LogP contribution in [0, 0.1) is 17.3 Å².